The van der Waals surface area contributed by atoms with Crippen molar-refractivity contribution in [2.45, 2.75) is 39.0 Å². The van der Waals surface area contributed by atoms with Crippen LogP contribution < -0.4 is 5.32 Å². The molecule has 0 unspecified atom stereocenters. The SMILES string of the molecule is Cc1cc(Br)c(NCC2CCCCC2)cc1[N+](=O)[O-]. The Hall–Kier alpha value is -1.10. The topological polar surface area (TPSA) is 55.2 Å². The maximum atomic E-state index is 11.0. The molecule has 0 amide bonds. The van der Waals surface area contributed by atoms with Gasteiger partial charge in [-0.15, -0.1) is 0 Å². The second kappa shape index (κ2) is 6.37. The Bertz CT molecular complexity index is 471. The molecule has 0 aromatic heterocycles. The van der Waals surface area contributed by atoms with Gasteiger partial charge in [0.05, 0.1) is 10.6 Å². The van der Waals surface area contributed by atoms with E-state index < -0.39 is 0 Å². The van der Waals surface area contributed by atoms with Crippen LogP contribution in [0.5, 0.6) is 0 Å². The fourth-order valence-corrected chi connectivity index (χ4v) is 3.24. The van der Waals surface area contributed by atoms with Crippen LogP contribution in [0.3, 0.4) is 0 Å². The Morgan fingerprint density at radius 2 is 2.05 bits per heavy atom. The molecule has 1 aromatic rings. The smallest absolute Gasteiger partial charge is 0.274 e. The predicted octanol–water partition coefficient (Wildman–Crippen LogP) is 4.66. The monoisotopic (exact) mass is 326 g/mol. The van der Waals surface area contributed by atoms with Gasteiger partial charge in [-0.25, -0.2) is 0 Å². The van der Waals surface area contributed by atoms with Crippen LogP contribution in [-0.4, -0.2) is 11.5 Å². The highest BCUT2D eigenvalue weighted by Gasteiger charge is 2.16. The third kappa shape index (κ3) is 3.69. The number of nitrogens with zero attached hydrogens (tertiary/aromatic N) is 1. The van der Waals surface area contributed by atoms with Gasteiger partial charge in [-0.05, 0) is 47.7 Å². The second-order valence-electron chi connectivity index (χ2n) is 5.26. The van der Waals surface area contributed by atoms with Gasteiger partial charge in [0.25, 0.3) is 5.69 Å². The number of rotatable bonds is 4. The van der Waals surface area contributed by atoms with Crippen LogP contribution in [0.4, 0.5) is 11.4 Å². The predicted molar refractivity (Wildman–Crippen MR) is 80.6 cm³/mol. The minimum atomic E-state index is -0.326. The van der Waals surface area contributed by atoms with Gasteiger partial charge in [0, 0.05) is 22.6 Å². The fourth-order valence-electron chi connectivity index (χ4n) is 2.64. The molecule has 0 atom stereocenters. The number of hydrogen-bond acceptors (Lipinski definition) is 3. The molecule has 1 aromatic carbocycles. The summed E-state index contributed by atoms with van der Waals surface area (Å²) in [5, 5.41) is 14.3. The number of anilines is 1. The van der Waals surface area contributed by atoms with Crippen LogP contribution in [-0.2, 0) is 0 Å². The van der Waals surface area contributed by atoms with E-state index in [2.05, 4.69) is 21.2 Å². The lowest BCUT2D eigenvalue weighted by molar-refractivity contribution is -0.385. The molecule has 1 fully saturated rings. The molecule has 19 heavy (non-hydrogen) atoms. The summed E-state index contributed by atoms with van der Waals surface area (Å²) in [6, 6.07) is 3.43. The molecule has 104 valence electrons. The number of aryl methyl sites for hydroxylation is 1. The summed E-state index contributed by atoms with van der Waals surface area (Å²) in [4.78, 5) is 10.6. The zero-order valence-electron chi connectivity index (χ0n) is 11.1. The van der Waals surface area contributed by atoms with Crippen LogP contribution in [0.25, 0.3) is 0 Å². The van der Waals surface area contributed by atoms with Gasteiger partial charge in [-0.2, -0.15) is 0 Å². The van der Waals surface area contributed by atoms with Gasteiger partial charge in [-0.3, -0.25) is 10.1 Å². The van der Waals surface area contributed by atoms with Crippen molar-refractivity contribution in [1.82, 2.24) is 0 Å². The highest BCUT2D eigenvalue weighted by molar-refractivity contribution is 9.10. The number of hydrogen-bond donors (Lipinski definition) is 1. The molecule has 0 radical (unpaired) electrons. The van der Waals surface area contributed by atoms with E-state index in [-0.39, 0.29) is 10.6 Å². The van der Waals surface area contributed by atoms with Crippen LogP contribution >= 0.6 is 15.9 Å². The minimum absolute atomic E-state index is 0.175. The molecular weight excluding hydrogens is 308 g/mol. The maximum absolute atomic E-state index is 11.0. The molecule has 0 bridgehead atoms. The Labute approximate surface area is 121 Å². The molecule has 0 spiro atoms. The number of halogens is 1. The Kier molecular flexibility index (Phi) is 4.80. The lowest BCUT2D eigenvalue weighted by Crippen LogP contribution is -2.17. The first-order valence-corrected chi connectivity index (χ1v) is 7.55. The zero-order valence-corrected chi connectivity index (χ0v) is 12.7. The van der Waals surface area contributed by atoms with Crippen LogP contribution in [0.15, 0.2) is 16.6 Å². The molecule has 2 rings (SSSR count). The lowest BCUT2D eigenvalue weighted by Gasteiger charge is -2.22. The second-order valence-corrected chi connectivity index (χ2v) is 6.11. The minimum Gasteiger partial charge on any atom is -0.384 e. The molecule has 1 N–H and O–H groups in total. The molecule has 0 aliphatic heterocycles. The normalized spacial score (nSPS) is 16.3. The van der Waals surface area contributed by atoms with E-state index in [0.29, 0.717) is 11.5 Å². The summed E-state index contributed by atoms with van der Waals surface area (Å²) in [5.74, 6) is 0.695. The van der Waals surface area contributed by atoms with E-state index in [9.17, 15) is 10.1 Å². The summed E-state index contributed by atoms with van der Waals surface area (Å²) in [6.07, 6.45) is 6.48. The molecule has 0 heterocycles. The molecule has 1 saturated carbocycles. The van der Waals surface area contributed by atoms with Gasteiger partial charge < -0.3 is 5.32 Å². The summed E-state index contributed by atoms with van der Waals surface area (Å²) in [7, 11) is 0. The van der Waals surface area contributed by atoms with E-state index in [0.717, 1.165) is 16.7 Å². The van der Waals surface area contributed by atoms with Crippen molar-refractivity contribution in [3.05, 3.63) is 32.3 Å². The Balaban J connectivity index is 2.06. The van der Waals surface area contributed by atoms with E-state index in [4.69, 9.17) is 0 Å². The third-order valence-corrected chi connectivity index (χ3v) is 4.44. The van der Waals surface area contributed by atoms with Crippen molar-refractivity contribution in [3.63, 3.8) is 0 Å². The summed E-state index contributed by atoms with van der Waals surface area (Å²) >= 11 is 3.47. The molecule has 0 saturated heterocycles. The first-order valence-electron chi connectivity index (χ1n) is 6.76. The average molecular weight is 327 g/mol. The third-order valence-electron chi connectivity index (χ3n) is 3.79. The molecule has 5 heteroatoms. The fraction of sp³-hybridized carbons (Fsp3) is 0.571. The number of benzene rings is 1. The van der Waals surface area contributed by atoms with Gasteiger partial charge in [-0.1, -0.05) is 19.3 Å². The standard InChI is InChI=1S/C14H19BrN2O2/c1-10-7-12(15)13(8-14(10)17(18)19)16-9-11-5-3-2-4-6-11/h7-8,11,16H,2-6,9H2,1H3. The molecule has 1 aliphatic carbocycles. The van der Waals surface area contributed by atoms with E-state index in [1.807, 2.05) is 0 Å². The molecule has 4 nitrogen and oxygen atoms in total. The lowest BCUT2D eigenvalue weighted by atomic mass is 9.89. The largest absolute Gasteiger partial charge is 0.384 e. The van der Waals surface area contributed by atoms with Crippen molar-refractivity contribution in [1.29, 1.82) is 0 Å². The summed E-state index contributed by atoms with van der Waals surface area (Å²) in [6.45, 7) is 2.66. The number of nitrogens with one attached hydrogen (secondary N) is 1. The van der Waals surface area contributed by atoms with E-state index >= 15 is 0 Å². The van der Waals surface area contributed by atoms with Crippen LogP contribution in [0, 0.1) is 23.0 Å². The van der Waals surface area contributed by atoms with Gasteiger partial charge in [0.2, 0.25) is 0 Å². The number of nitro benzene ring substituents is 1. The van der Waals surface area contributed by atoms with Crippen molar-refractivity contribution in [2.24, 2.45) is 5.92 Å². The molecule has 1 aliphatic rings. The highest BCUT2D eigenvalue weighted by atomic mass is 79.9. The van der Waals surface area contributed by atoms with Gasteiger partial charge in [0.1, 0.15) is 0 Å². The molecular formula is C14H19BrN2O2. The van der Waals surface area contributed by atoms with E-state index in [1.54, 1.807) is 19.1 Å². The van der Waals surface area contributed by atoms with Gasteiger partial charge in [0.15, 0.2) is 0 Å². The first kappa shape index (κ1) is 14.3. The Morgan fingerprint density at radius 1 is 1.37 bits per heavy atom. The quantitative estimate of drug-likeness (QED) is 0.646. The van der Waals surface area contributed by atoms with Crippen molar-refractivity contribution >= 4 is 27.3 Å². The Morgan fingerprint density at radius 3 is 2.68 bits per heavy atom. The van der Waals surface area contributed by atoms with Crippen molar-refractivity contribution in [2.75, 3.05) is 11.9 Å². The average Bonchev–Trinajstić information content (AvgIpc) is 2.38. The van der Waals surface area contributed by atoms with Gasteiger partial charge >= 0.3 is 0 Å². The summed E-state index contributed by atoms with van der Waals surface area (Å²) < 4.78 is 0.895. The van der Waals surface area contributed by atoms with Crippen molar-refractivity contribution in [3.8, 4) is 0 Å². The van der Waals surface area contributed by atoms with Crippen molar-refractivity contribution < 1.29 is 4.92 Å². The number of nitro groups is 1. The zero-order chi connectivity index (χ0) is 13.8. The highest BCUT2D eigenvalue weighted by Crippen LogP contribution is 2.31. The van der Waals surface area contributed by atoms with E-state index in [1.165, 1.54) is 32.1 Å². The van der Waals surface area contributed by atoms with Crippen LogP contribution in [0.1, 0.15) is 37.7 Å². The maximum Gasteiger partial charge on any atom is 0.274 e. The summed E-state index contributed by atoms with van der Waals surface area (Å²) in [5.41, 5.74) is 1.68. The van der Waals surface area contributed by atoms with Crippen LogP contribution in [0.2, 0.25) is 0 Å². The first-order chi connectivity index (χ1) is 9.08.